The molecule has 0 saturated carbocycles. The molecule has 0 fully saturated rings. The minimum Gasteiger partial charge on any atom is -0.312 e. The van der Waals surface area contributed by atoms with Gasteiger partial charge in [-0.05, 0) is 30.0 Å². The van der Waals surface area contributed by atoms with E-state index < -0.39 is 0 Å². The normalized spacial score (nSPS) is 10.5. The van der Waals surface area contributed by atoms with E-state index >= 15 is 0 Å². The van der Waals surface area contributed by atoms with Gasteiger partial charge in [0.25, 0.3) is 0 Å². The Labute approximate surface area is 96.6 Å². The zero-order valence-corrected chi connectivity index (χ0v) is 10.4. The van der Waals surface area contributed by atoms with Crippen molar-refractivity contribution in [1.82, 2.24) is 5.32 Å². The molecule has 0 bridgehead atoms. The molecule has 4 heteroatoms. The summed E-state index contributed by atoms with van der Waals surface area (Å²) in [6.07, 6.45) is 2.07. The molecule has 0 aliphatic heterocycles. The highest BCUT2D eigenvalue weighted by Crippen LogP contribution is 2.17. The molecule has 0 aliphatic carbocycles. The van der Waals surface area contributed by atoms with Crippen LogP contribution in [0.25, 0.3) is 0 Å². The molecule has 0 radical (unpaired) electrons. The fourth-order valence-electron chi connectivity index (χ4n) is 1.08. The minimum absolute atomic E-state index is 0.185. The zero-order chi connectivity index (χ0) is 10.4. The molecule has 0 unspecified atom stereocenters. The average molecular weight is 278 g/mol. The molecule has 0 aliphatic rings. The Morgan fingerprint density at radius 2 is 2.29 bits per heavy atom. The molecule has 1 N–H and O–H groups in total. The van der Waals surface area contributed by atoms with Gasteiger partial charge in [-0.2, -0.15) is 11.8 Å². The summed E-state index contributed by atoms with van der Waals surface area (Å²) in [5.74, 6) is 0.891. The van der Waals surface area contributed by atoms with Gasteiger partial charge in [0.1, 0.15) is 5.82 Å². The maximum Gasteiger partial charge on any atom is 0.123 e. The molecule has 0 amide bonds. The van der Waals surface area contributed by atoms with Crippen molar-refractivity contribution in [1.29, 1.82) is 0 Å². The first kappa shape index (κ1) is 12.0. The van der Waals surface area contributed by atoms with Gasteiger partial charge in [-0.1, -0.05) is 15.9 Å². The number of rotatable bonds is 5. The van der Waals surface area contributed by atoms with Gasteiger partial charge in [-0.3, -0.25) is 0 Å². The van der Waals surface area contributed by atoms with Crippen molar-refractivity contribution in [2.75, 3.05) is 18.6 Å². The smallest absolute Gasteiger partial charge is 0.123 e. The second kappa shape index (κ2) is 6.43. The van der Waals surface area contributed by atoms with E-state index in [1.807, 2.05) is 0 Å². The predicted molar refractivity (Wildman–Crippen MR) is 64.2 cm³/mol. The lowest BCUT2D eigenvalue weighted by atomic mass is 10.2. The first-order chi connectivity index (χ1) is 6.74. The van der Waals surface area contributed by atoms with Gasteiger partial charge in [-0.25, -0.2) is 4.39 Å². The number of hydrogen-bond acceptors (Lipinski definition) is 2. The zero-order valence-electron chi connectivity index (χ0n) is 8.02. The van der Waals surface area contributed by atoms with Crippen LogP contribution in [0.3, 0.4) is 0 Å². The van der Waals surface area contributed by atoms with Crippen LogP contribution < -0.4 is 5.32 Å². The van der Waals surface area contributed by atoms with Crippen LogP contribution in [0.1, 0.15) is 5.56 Å². The summed E-state index contributed by atoms with van der Waals surface area (Å²) in [6.45, 7) is 1.66. The Kier molecular flexibility index (Phi) is 5.52. The largest absolute Gasteiger partial charge is 0.312 e. The minimum atomic E-state index is -0.185. The molecule has 0 saturated heterocycles. The van der Waals surface area contributed by atoms with Gasteiger partial charge in [0.2, 0.25) is 0 Å². The maximum atomic E-state index is 12.9. The summed E-state index contributed by atoms with van der Waals surface area (Å²) < 4.78 is 13.8. The highest BCUT2D eigenvalue weighted by Gasteiger charge is 2.00. The van der Waals surface area contributed by atoms with Crippen molar-refractivity contribution in [3.05, 3.63) is 34.1 Å². The molecule has 1 aromatic carbocycles. The van der Waals surface area contributed by atoms with Crippen LogP contribution >= 0.6 is 27.7 Å². The molecule has 0 spiro atoms. The number of hydrogen-bond donors (Lipinski definition) is 1. The molecule has 1 nitrogen and oxygen atoms in total. The second-order valence-electron chi connectivity index (χ2n) is 2.91. The molecule has 1 rings (SSSR count). The summed E-state index contributed by atoms with van der Waals surface area (Å²) in [4.78, 5) is 0. The van der Waals surface area contributed by atoms with E-state index in [0.29, 0.717) is 6.54 Å². The van der Waals surface area contributed by atoms with Crippen LogP contribution in [0.4, 0.5) is 4.39 Å². The third-order valence-corrected chi connectivity index (χ3v) is 3.19. The third kappa shape index (κ3) is 3.98. The SMILES string of the molecule is CSCCNCc1cc(F)ccc1Br. The Morgan fingerprint density at radius 1 is 1.50 bits per heavy atom. The van der Waals surface area contributed by atoms with Crippen LogP contribution in [0.5, 0.6) is 0 Å². The molecule has 0 aromatic heterocycles. The highest BCUT2D eigenvalue weighted by atomic mass is 79.9. The van der Waals surface area contributed by atoms with E-state index in [1.54, 1.807) is 23.9 Å². The van der Waals surface area contributed by atoms with Crippen molar-refractivity contribution in [2.24, 2.45) is 0 Å². The predicted octanol–water partition coefficient (Wildman–Crippen LogP) is 3.04. The first-order valence-corrected chi connectivity index (χ1v) is 6.56. The van der Waals surface area contributed by atoms with Crippen LogP contribution in [-0.2, 0) is 6.54 Å². The van der Waals surface area contributed by atoms with E-state index in [0.717, 1.165) is 22.3 Å². The Morgan fingerprint density at radius 3 is 3.00 bits per heavy atom. The molecular formula is C10H13BrFNS. The highest BCUT2D eigenvalue weighted by molar-refractivity contribution is 9.10. The molecule has 1 aromatic rings. The van der Waals surface area contributed by atoms with Gasteiger partial charge in [-0.15, -0.1) is 0 Å². The van der Waals surface area contributed by atoms with Gasteiger partial charge >= 0.3 is 0 Å². The lowest BCUT2D eigenvalue weighted by Crippen LogP contribution is -2.16. The Hall–Kier alpha value is -0.0600. The lowest BCUT2D eigenvalue weighted by Gasteiger charge is -2.06. The number of nitrogens with one attached hydrogen (secondary N) is 1. The summed E-state index contributed by atoms with van der Waals surface area (Å²) >= 11 is 5.18. The first-order valence-electron chi connectivity index (χ1n) is 4.37. The van der Waals surface area contributed by atoms with Crippen LogP contribution in [-0.4, -0.2) is 18.6 Å². The van der Waals surface area contributed by atoms with Gasteiger partial charge in [0.15, 0.2) is 0 Å². The summed E-state index contributed by atoms with van der Waals surface area (Å²) in [6, 6.07) is 4.74. The van der Waals surface area contributed by atoms with E-state index in [2.05, 4.69) is 27.5 Å². The second-order valence-corrected chi connectivity index (χ2v) is 4.75. The van der Waals surface area contributed by atoms with E-state index in [4.69, 9.17) is 0 Å². The Balaban J connectivity index is 2.45. The molecular weight excluding hydrogens is 265 g/mol. The summed E-state index contributed by atoms with van der Waals surface area (Å²) in [5, 5.41) is 3.25. The number of thioether (sulfide) groups is 1. The fraction of sp³-hybridized carbons (Fsp3) is 0.400. The molecule has 0 heterocycles. The van der Waals surface area contributed by atoms with Crippen molar-refractivity contribution in [3.8, 4) is 0 Å². The topological polar surface area (TPSA) is 12.0 Å². The quantitative estimate of drug-likeness (QED) is 0.831. The van der Waals surface area contributed by atoms with Gasteiger partial charge in [0, 0.05) is 23.3 Å². The van der Waals surface area contributed by atoms with E-state index in [1.165, 1.54) is 6.07 Å². The number of benzene rings is 1. The summed E-state index contributed by atoms with van der Waals surface area (Å²) in [5.41, 5.74) is 0.964. The van der Waals surface area contributed by atoms with Crippen molar-refractivity contribution < 1.29 is 4.39 Å². The average Bonchev–Trinajstić information content (AvgIpc) is 2.18. The summed E-state index contributed by atoms with van der Waals surface area (Å²) in [7, 11) is 0. The maximum absolute atomic E-state index is 12.9. The van der Waals surface area contributed by atoms with Crippen LogP contribution in [0, 0.1) is 5.82 Å². The van der Waals surface area contributed by atoms with Crippen molar-refractivity contribution in [3.63, 3.8) is 0 Å². The van der Waals surface area contributed by atoms with Crippen molar-refractivity contribution in [2.45, 2.75) is 6.54 Å². The lowest BCUT2D eigenvalue weighted by molar-refractivity contribution is 0.621. The van der Waals surface area contributed by atoms with Crippen molar-refractivity contribution >= 4 is 27.7 Å². The Bertz CT molecular complexity index is 293. The monoisotopic (exact) mass is 277 g/mol. The molecule has 78 valence electrons. The van der Waals surface area contributed by atoms with Crippen LogP contribution in [0.15, 0.2) is 22.7 Å². The molecule has 0 atom stereocenters. The standard InChI is InChI=1S/C10H13BrFNS/c1-14-5-4-13-7-8-6-9(12)2-3-10(8)11/h2-3,6,13H,4-5,7H2,1H3. The van der Waals surface area contributed by atoms with E-state index in [9.17, 15) is 4.39 Å². The van der Waals surface area contributed by atoms with Gasteiger partial charge in [0.05, 0.1) is 0 Å². The van der Waals surface area contributed by atoms with E-state index in [-0.39, 0.29) is 5.82 Å². The molecule has 14 heavy (non-hydrogen) atoms. The third-order valence-electron chi connectivity index (χ3n) is 1.81. The van der Waals surface area contributed by atoms with Crippen LogP contribution in [0.2, 0.25) is 0 Å². The fourth-order valence-corrected chi connectivity index (χ4v) is 1.81. The van der Waals surface area contributed by atoms with Gasteiger partial charge < -0.3 is 5.32 Å². The number of halogens is 2.